The van der Waals surface area contributed by atoms with E-state index in [-0.39, 0.29) is 17.7 Å². The minimum atomic E-state index is -0.164. The van der Waals surface area contributed by atoms with Gasteiger partial charge in [-0.15, -0.1) is 0 Å². The third kappa shape index (κ3) is 3.58. The summed E-state index contributed by atoms with van der Waals surface area (Å²) in [4.78, 5) is 22.7. The minimum Gasteiger partial charge on any atom is -0.355 e. The van der Waals surface area contributed by atoms with Crippen molar-refractivity contribution in [1.29, 1.82) is 0 Å². The highest BCUT2D eigenvalue weighted by atomic mass is 16.2. The van der Waals surface area contributed by atoms with Crippen molar-refractivity contribution in [1.82, 2.24) is 10.6 Å². The smallest absolute Gasteiger partial charge is 0.225 e. The lowest BCUT2D eigenvalue weighted by Gasteiger charge is -2.14. The van der Waals surface area contributed by atoms with Crippen LogP contribution >= 0.6 is 0 Å². The molecule has 17 heavy (non-hydrogen) atoms. The Hall–Kier alpha value is -1.32. The van der Waals surface area contributed by atoms with Gasteiger partial charge in [0.1, 0.15) is 0 Å². The van der Waals surface area contributed by atoms with Gasteiger partial charge in [-0.05, 0) is 32.1 Å². The average molecular weight is 236 g/mol. The summed E-state index contributed by atoms with van der Waals surface area (Å²) in [5.74, 6) is -0.164. The van der Waals surface area contributed by atoms with Gasteiger partial charge >= 0.3 is 0 Å². The van der Waals surface area contributed by atoms with Crippen LogP contribution in [0.2, 0.25) is 0 Å². The molecule has 0 aromatic rings. The fourth-order valence-electron chi connectivity index (χ4n) is 2.41. The quantitative estimate of drug-likeness (QED) is 0.719. The van der Waals surface area contributed by atoms with E-state index in [0.29, 0.717) is 19.5 Å². The molecule has 1 fully saturated rings. The zero-order valence-corrected chi connectivity index (χ0v) is 10.1. The second-order valence-electron chi connectivity index (χ2n) is 4.85. The topological polar surface area (TPSA) is 58.2 Å². The Labute approximate surface area is 102 Å². The molecule has 0 aromatic heterocycles. The van der Waals surface area contributed by atoms with E-state index in [0.717, 1.165) is 6.42 Å². The highest BCUT2D eigenvalue weighted by molar-refractivity contribution is 5.89. The van der Waals surface area contributed by atoms with E-state index in [4.69, 9.17) is 0 Å². The van der Waals surface area contributed by atoms with Gasteiger partial charge < -0.3 is 10.6 Å². The molecule has 0 spiro atoms. The van der Waals surface area contributed by atoms with Crippen LogP contribution in [0.25, 0.3) is 0 Å². The van der Waals surface area contributed by atoms with E-state index < -0.39 is 0 Å². The molecule has 0 saturated carbocycles. The maximum Gasteiger partial charge on any atom is 0.225 e. The summed E-state index contributed by atoms with van der Waals surface area (Å²) in [6.07, 6.45) is 8.54. The Morgan fingerprint density at radius 3 is 3.00 bits per heavy atom. The molecule has 0 radical (unpaired) electrons. The molecule has 2 amide bonds. The summed E-state index contributed by atoms with van der Waals surface area (Å²) >= 11 is 0. The van der Waals surface area contributed by atoms with Crippen molar-refractivity contribution in [3.05, 3.63) is 11.6 Å². The van der Waals surface area contributed by atoms with Gasteiger partial charge in [0, 0.05) is 19.5 Å². The molecule has 2 N–H and O–H groups in total. The van der Waals surface area contributed by atoms with Crippen LogP contribution in [-0.2, 0) is 9.59 Å². The number of nitrogens with one attached hydrogen (secondary N) is 2. The number of carbonyl (C=O) groups excluding carboxylic acids is 2. The van der Waals surface area contributed by atoms with Crippen molar-refractivity contribution in [3.63, 3.8) is 0 Å². The van der Waals surface area contributed by atoms with Crippen LogP contribution in [0.3, 0.4) is 0 Å². The first-order chi connectivity index (χ1) is 8.25. The second-order valence-corrected chi connectivity index (χ2v) is 4.85. The van der Waals surface area contributed by atoms with Crippen molar-refractivity contribution >= 4 is 11.8 Å². The van der Waals surface area contributed by atoms with Gasteiger partial charge in [0.2, 0.25) is 11.8 Å². The van der Waals surface area contributed by atoms with E-state index in [1.807, 2.05) is 0 Å². The first-order valence-electron chi connectivity index (χ1n) is 6.48. The summed E-state index contributed by atoms with van der Waals surface area (Å²) in [6, 6.07) is 0. The summed E-state index contributed by atoms with van der Waals surface area (Å²) in [6.45, 7) is 1.20. The van der Waals surface area contributed by atoms with Gasteiger partial charge in [-0.3, -0.25) is 9.59 Å². The van der Waals surface area contributed by atoms with E-state index in [1.54, 1.807) is 0 Å². The molecule has 2 aliphatic rings. The lowest BCUT2D eigenvalue weighted by atomic mass is 9.97. The molecule has 1 atom stereocenters. The molecule has 0 bridgehead atoms. The fourth-order valence-corrected chi connectivity index (χ4v) is 2.41. The van der Waals surface area contributed by atoms with Crippen LogP contribution in [0.5, 0.6) is 0 Å². The molecular formula is C13H20N2O2. The molecule has 1 saturated heterocycles. The summed E-state index contributed by atoms with van der Waals surface area (Å²) in [5.41, 5.74) is 1.47. The lowest BCUT2D eigenvalue weighted by Crippen LogP contribution is -2.32. The molecule has 1 aliphatic heterocycles. The Balaban J connectivity index is 1.66. The Morgan fingerprint density at radius 1 is 1.47 bits per heavy atom. The number of hydrogen-bond acceptors (Lipinski definition) is 2. The molecule has 1 unspecified atom stereocenters. The first kappa shape index (κ1) is 12.1. The van der Waals surface area contributed by atoms with Crippen LogP contribution in [0.15, 0.2) is 11.6 Å². The average Bonchev–Trinajstić information content (AvgIpc) is 2.77. The molecular weight excluding hydrogens is 216 g/mol. The monoisotopic (exact) mass is 236 g/mol. The van der Waals surface area contributed by atoms with Gasteiger partial charge in [-0.1, -0.05) is 11.6 Å². The molecule has 94 valence electrons. The van der Waals surface area contributed by atoms with Crippen molar-refractivity contribution in [2.45, 2.75) is 38.5 Å². The van der Waals surface area contributed by atoms with Crippen LogP contribution in [-0.4, -0.2) is 24.9 Å². The van der Waals surface area contributed by atoms with E-state index >= 15 is 0 Å². The number of carbonyl (C=O) groups is 2. The third-order valence-electron chi connectivity index (χ3n) is 3.48. The number of rotatable bonds is 4. The molecule has 2 rings (SSSR count). The van der Waals surface area contributed by atoms with Gasteiger partial charge in [0.25, 0.3) is 0 Å². The predicted molar refractivity (Wildman–Crippen MR) is 65.3 cm³/mol. The van der Waals surface area contributed by atoms with Crippen molar-refractivity contribution in [2.75, 3.05) is 13.1 Å². The van der Waals surface area contributed by atoms with Crippen molar-refractivity contribution in [3.8, 4) is 0 Å². The molecule has 4 nitrogen and oxygen atoms in total. The van der Waals surface area contributed by atoms with Crippen molar-refractivity contribution in [2.24, 2.45) is 5.92 Å². The van der Waals surface area contributed by atoms with E-state index in [2.05, 4.69) is 16.7 Å². The highest BCUT2D eigenvalue weighted by Gasteiger charge is 2.27. The summed E-state index contributed by atoms with van der Waals surface area (Å²) in [5, 5.41) is 5.60. The van der Waals surface area contributed by atoms with Crippen LogP contribution in [0.4, 0.5) is 0 Å². The molecule has 0 aromatic carbocycles. The van der Waals surface area contributed by atoms with Crippen molar-refractivity contribution < 1.29 is 9.59 Å². The zero-order valence-electron chi connectivity index (χ0n) is 10.1. The van der Waals surface area contributed by atoms with Crippen LogP contribution in [0.1, 0.15) is 38.5 Å². The minimum absolute atomic E-state index is 0.0137. The number of amides is 2. The SMILES string of the molecule is O=C1CC(C(=O)NCCC2=CCCCC2)CN1. The normalized spacial score (nSPS) is 24.1. The number of hydrogen-bond donors (Lipinski definition) is 2. The molecule has 4 heteroatoms. The number of allylic oxidation sites excluding steroid dienone is 1. The Bertz CT molecular complexity index is 336. The summed E-state index contributed by atoms with van der Waals surface area (Å²) < 4.78 is 0. The standard InChI is InChI=1S/C13H20N2O2/c16-12-8-11(9-15-12)13(17)14-7-6-10-4-2-1-3-5-10/h4,11H,1-3,5-9H2,(H,14,17)(H,15,16). The lowest BCUT2D eigenvalue weighted by molar-refractivity contribution is -0.126. The fraction of sp³-hybridized carbons (Fsp3) is 0.692. The maximum atomic E-state index is 11.7. The molecule has 1 heterocycles. The highest BCUT2D eigenvalue weighted by Crippen LogP contribution is 2.19. The summed E-state index contributed by atoms with van der Waals surface area (Å²) in [7, 11) is 0. The Kier molecular flexibility index (Phi) is 4.18. The molecule has 1 aliphatic carbocycles. The van der Waals surface area contributed by atoms with E-state index in [1.165, 1.54) is 31.3 Å². The van der Waals surface area contributed by atoms with Crippen LogP contribution < -0.4 is 10.6 Å². The van der Waals surface area contributed by atoms with Crippen LogP contribution in [0, 0.1) is 5.92 Å². The largest absolute Gasteiger partial charge is 0.355 e. The predicted octanol–water partition coefficient (Wildman–Crippen LogP) is 1.13. The third-order valence-corrected chi connectivity index (χ3v) is 3.48. The first-order valence-corrected chi connectivity index (χ1v) is 6.48. The van der Waals surface area contributed by atoms with Gasteiger partial charge in [-0.25, -0.2) is 0 Å². The zero-order chi connectivity index (χ0) is 12.1. The second kappa shape index (κ2) is 5.84. The van der Waals surface area contributed by atoms with Gasteiger partial charge in [0.05, 0.1) is 5.92 Å². The van der Waals surface area contributed by atoms with Gasteiger partial charge in [-0.2, -0.15) is 0 Å². The maximum absolute atomic E-state index is 11.7. The van der Waals surface area contributed by atoms with Gasteiger partial charge in [0.15, 0.2) is 0 Å². The Morgan fingerprint density at radius 2 is 2.35 bits per heavy atom. The van der Waals surface area contributed by atoms with E-state index in [9.17, 15) is 9.59 Å².